The van der Waals surface area contributed by atoms with Crippen molar-refractivity contribution in [1.29, 1.82) is 0 Å². The van der Waals surface area contributed by atoms with Gasteiger partial charge in [0.1, 0.15) is 17.5 Å². The highest BCUT2D eigenvalue weighted by Gasteiger charge is 2.43. The van der Waals surface area contributed by atoms with Crippen LogP contribution < -0.4 is 9.80 Å². The van der Waals surface area contributed by atoms with E-state index in [2.05, 4.69) is 23.7 Å². The predicted molar refractivity (Wildman–Crippen MR) is 123 cm³/mol. The third-order valence-electron chi connectivity index (χ3n) is 6.91. The number of alkyl halides is 6. The van der Waals surface area contributed by atoms with Gasteiger partial charge in [0, 0.05) is 30.6 Å². The van der Waals surface area contributed by atoms with Gasteiger partial charge in [-0.1, -0.05) is 32.8 Å². The third-order valence-corrected chi connectivity index (χ3v) is 6.91. The van der Waals surface area contributed by atoms with Crippen LogP contribution in [-0.4, -0.2) is 35.5 Å². The van der Waals surface area contributed by atoms with Crippen molar-refractivity contribution >= 4 is 17.3 Å². The van der Waals surface area contributed by atoms with Crippen LogP contribution in [0.15, 0.2) is 18.2 Å². The Morgan fingerprint density at radius 1 is 1.03 bits per heavy atom. The number of hydrogen-bond acceptors (Lipinski definition) is 4. The van der Waals surface area contributed by atoms with Gasteiger partial charge in [0.2, 0.25) is 0 Å². The molecule has 10 heteroatoms. The van der Waals surface area contributed by atoms with Crippen molar-refractivity contribution < 1.29 is 26.3 Å². The summed E-state index contributed by atoms with van der Waals surface area (Å²) >= 11 is 0. The average molecular weight is 501 g/mol. The van der Waals surface area contributed by atoms with Crippen LogP contribution in [0.3, 0.4) is 0 Å². The first-order valence-corrected chi connectivity index (χ1v) is 12.1. The maximum atomic E-state index is 14.0. The van der Waals surface area contributed by atoms with Crippen LogP contribution in [0.5, 0.6) is 0 Å². The third kappa shape index (κ3) is 4.80. The van der Waals surface area contributed by atoms with Crippen LogP contribution in [-0.2, 0) is 6.18 Å². The zero-order valence-corrected chi connectivity index (χ0v) is 20.0. The molecule has 2 atom stereocenters. The Morgan fingerprint density at radius 2 is 1.69 bits per heavy atom. The second-order valence-electron chi connectivity index (χ2n) is 9.36. The van der Waals surface area contributed by atoms with Gasteiger partial charge in [-0.15, -0.1) is 0 Å². The van der Waals surface area contributed by atoms with E-state index in [0.717, 1.165) is 55.7 Å². The van der Waals surface area contributed by atoms with Gasteiger partial charge in [-0.25, -0.2) is 23.1 Å². The fraction of sp³-hybridized carbons (Fsp3) is 0.600. The summed E-state index contributed by atoms with van der Waals surface area (Å²) in [5, 5.41) is 0. The molecule has 2 aromatic rings. The van der Waals surface area contributed by atoms with E-state index in [1.165, 1.54) is 4.90 Å². The first-order chi connectivity index (χ1) is 16.6. The Kier molecular flexibility index (Phi) is 7.20. The lowest BCUT2D eigenvalue weighted by molar-refractivity contribution is -0.137. The molecule has 0 aliphatic carbocycles. The van der Waals surface area contributed by atoms with Gasteiger partial charge in [-0.2, -0.15) is 13.2 Å². The van der Waals surface area contributed by atoms with Crippen LogP contribution >= 0.6 is 0 Å². The van der Waals surface area contributed by atoms with Crippen molar-refractivity contribution in [2.45, 2.75) is 83.6 Å². The average Bonchev–Trinajstić information content (AvgIpc) is 3.17. The Morgan fingerprint density at radius 3 is 2.29 bits per heavy atom. The number of rotatable bonds is 8. The number of anilines is 3. The second-order valence-corrected chi connectivity index (χ2v) is 9.36. The summed E-state index contributed by atoms with van der Waals surface area (Å²) in [6.45, 7) is 7.01. The van der Waals surface area contributed by atoms with E-state index in [4.69, 9.17) is 4.98 Å². The first kappa shape index (κ1) is 25.6. The highest BCUT2D eigenvalue weighted by atomic mass is 19.4. The van der Waals surface area contributed by atoms with Crippen molar-refractivity contribution in [3.05, 3.63) is 40.7 Å². The maximum Gasteiger partial charge on any atom is 0.418 e. The van der Waals surface area contributed by atoms with Crippen LogP contribution in [0.25, 0.3) is 0 Å². The lowest BCUT2D eigenvalue weighted by Gasteiger charge is -2.34. The molecule has 0 bridgehead atoms. The van der Waals surface area contributed by atoms with Gasteiger partial charge in [0.05, 0.1) is 11.3 Å². The van der Waals surface area contributed by atoms with Crippen LogP contribution in [0.4, 0.5) is 43.7 Å². The molecule has 0 N–H and O–H groups in total. The minimum atomic E-state index is -4.85. The number of benzene rings is 1. The molecular formula is C25H30F6N4. The molecule has 0 saturated heterocycles. The summed E-state index contributed by atoms with van der Waals surface area (Å²) in [4.78, 5) is 13.0. The molecule has 0 fully saturated rings. The number of nitrogens with zero attached hydrogens (tertiary/aromatic N) is 4. The van der Waals surface area contributed by atoms with Crippen LogP contribution in [0.1, 0.15) is 80.6 Å². The van der Waals surface area contributed by atoms with Crippen molar-refractivity contribution in [2.24, 2.45) is 0 Å². The molecule has 0 saturated carbocycles. The Labute approximate surface area is 201 Å². The minimum Gasteiger partial charge on any atom is -0.353 e. The molecule has 2 aliphatic rings. The molecule has 4 nitrogen and oxygen atoms in total. The van der Waals surface area contributed by atoms with Gasteiger partial charge in [-0.05, 0) is 43.9 Å². The van der Waals surface area contributed by atoms with Gasteiger partial charge in [-0.3, -0.25) is 0 Å². The van der Waals surface area contributed by atoms with Crippen molar-refractivity contribution in [1.82, 2.24) is 9.97 Å². The van der Waals surface area contributed by atoms with Gasteiger partial charge >= 0.3 is 6.18 Å². The largest absolute Gasteiger partial charge is 0.418 e. The standard InChI is InChI=1S/C25H30F6N4/c1-4-6-17(7-5-2)35-13-16-10-11-34(23-20(16)24(35)33-14(3)32-23)19-9-8-15(21(26)22(27)28)12-18(19)25(29,30)31/h8-9,12,16-17,21-22H,4-7,10-11,13H2,1-3H3. The summed E-state index contributed by atoms with van der Waals surface area (Å²) in [7, 11) is 0. The number of aryl methyl sites for hydroxylation is 1. The summed E-state index contributed by atoms with van der Waals surface area (Å²) < 4.78 is 81.7. The zero-order chi connectivity index (χ0) is 25.5. The molecule has 35 heavy (non-hydrogen) atoms. The molecule has 1 aromatic carbocycles. The molecule has 0 radical (unpaired) electrons. The number of hydrogen-bond donors (Lipinski definition) is 0. The van der Waals surface area contributed by atoms with Crippen LogP contribution in [0.2, 0.25) is 0 Å². The maximum absolute atomic E-state index is 14.0. The summed E-state index contributed by atoms with van der Waals surface area (Å²) in [6.07, 6.45) is -6.42. The molecule has 2 unspecified atom stereocenters. The molecule has 1 aromatic heterocycles. The lowest BCUT2D eigenvalue weighted by atomic mass is 9.93. The normalized spacial score (nSPS) is 18.5. The van der Waals surface area contributed by atoms with Crippen molar-refractivity contribution in [2.75, 3.05) is 22.9 Å². The molecular weight excluding hydrogens is 470 g/mol. The van der Waals surface area contributed by atoms with E-state index in [-0.39, 0.29) is 18.2 Å². The van der Waals surface area contributed by atoms with E-state index >= 15 is 0 Å². The molecule has 0 amide bonds. The number of aromatic nitrogens is 2. The summed E-state index contributed by atoms with van der Waals surface area (Å²) in [5.74, 6) is 1.76. The molecule has 192 valence electrons. The lowest BCUT2D eigenvalue weighted by Crippen LogP contribution is -2.35. The predicted octanol–water partition coefficient (Wildman–Crippen LogP) is 7.49. The highest BCUT2D eigenvalue weighted by Crippen LogP contribution is 2.50. The quantitative estimate of drug-likeness (QED) is 0.352. The van der Waals surface area contributed by atoms with Crippen molar-refractivity contribution in [3.63, 3.8) is 0 Å². The van der Waals surface area contributed by atoms with E-state index in [1.807, 2.05) is 0 Å². The molecule has 3 heterocycles. The van der Waals surface area contributed by atoms with E-state index in [1.54, 1.807) is 6.92 Å². The smallest absolute Gasteiger partial charge is 0.353 e. The minimum absolute atomic E-state index is 0.107. The molecule has 2 aliphatic heterocycles. The number of halogens is 6. The van der Waals surface area contributed by atoms with E-state index in [9.17, 15) is 26.3 Å². The van der Waals surface area contributed by atoms with Crippen molar-refractivity contribution in [3.8, 4) is 0 Å². The van der Waals surface area contributed by atoms with Crippen LogP contribution in [0, 0.1) is 6.92 Å². The second kappa shape index (κ2) is 9.85. The first-order valence-electron chi connectivity index (χ1n) is 12.1. The Balaban J connectivity index is 1.82. The Hall–Kier alpha value is -2.52. The monoisotopic (exact) mass is 500 g/mol. The molecule has 4 rings (SSSR count). The Bertz CT molecular complexity index is 1050. The topological polar surface area (TPSA) is 32.3 Å². The SMILES string of the molecule is CCCC(CCC)N1CC2CCN(c3ccc(C(F)C(F)F)cc3C(F)(F)F)c3nc(C)nc1c32. The molecule has 0 spiro atoms. The van der Waals surface area contributed by atoms with E-state index < -0.39 is 29.9 Å². The van der Waals surface area contributed by atoms with Gasteiger partial charge < -0.3 is 9.80 Å². The van der Waals surface area contributed by atoms with Gasteiger partial charge in [0.25, 0.3) is 6.43 Å². The van der Waals surface area contributed by atoms with E-state index in [0.29, 0.717) is 30.2 Å². The zero-order valence-electron chi connectivity index (χ0n) is 20.0. The fourth-order valence-corrected chi connectivity index (χ4v) is 5.40. The summed E-state index contributed by atoms with van der Waals surface area (Å²) in [6, 6.07) is 2.88. The fourth-order valence-electron chi connectivity index (χ4n) is 5.40. The highest BCUT2D eigenvalue weighted by molar-refractivity contribution is 5.75. The summed E-state index contributed by atoms with van der Waals surface area (Å²) in [5.41, 5.74) is -1.21. The van der Waals surface area contributed by atoms with Gasteiger partial charge in [0.15, 0.2) is 6.17 Å².